The lowest BCUT2D eigenvalue weighted by atomic mass is 10.1. The third-order valence-electron chi connectivity index (χ3n) is 5.43. The Kier molecular flexibility index (Phi) is 15.9. The molecule has 0 amide bonds. The summed E-state index contributed by atoms with van der Waals surface area (Å²) in [7, 11) is 0. The van der Waals surface area contributed by atoms with E-state index in [-0.39, 0.29) is 13.2 Å². The fourth-order valence-corrected chi connectivity index (χ4v) is 3.66. The first-order chi connectivity index (χ1) is 13.7. The van der Waals surface area contributed by atoms with Gasteiger partial charge in [-0.3, -0.25) is 0 Å². The normalized spacial score (nSPS) is 23.6. The molecular formula is C23H44O5. The highest BCUT2D eigenvalue weighted by Crippen LogP contribution is 2.21. The molecule has 1 saturated heterocycles. The van der Waals surface area contributed by atoms with Crippen LogP contribution in [0.3, 0.4) is 0 Å². The maximum absolute atomic E-state index is 9.88. The van der Waals surface area contributed by atoms with Crippen molar-refractivity contribution in [3.05, 3.63) is 12.2 Å². The molecule has 0 radical (unpaired) electrons. The summed E-state index contributed by atoms with van der Waals surface area (Å²) in [6.45, 7) is 2.55. The summed E-state index contributed by atoms with van der Waals surface area (Å²) >= 11 is 0. The second kappa shape index (κ2) is 17.4. The van der Waals surface area contributed by atoms with Crippen LogP contribution in [0.4, 0.5) is 0 Å². The predicted molar refractivity (Wildman–Crippen MR) is 113 cm³/mol. The highest BCUT2D eigenvalue weighted by molar-refractivity contribution is 4.89. The van der Waals surface area contributed by atoms with Gasteiger partial charge in [0.05, 0.1) is 13.2 Å². The van der Waals surface area contributed by atoms with Gasteiger partial charge in [0.15, 0.2) is 0 Å². The standard InChI is InChI=1S/C23H44O5/c1-2-3-4-5-6-7-8-9-10-11-12-13-14-15-16-17-27-23-21(26)19-28-22(23)20(25)18-24/h4-5,20-26H,2-3,6-19H2,1H3/b5-4+/t20-,21+,22+,23+/m0/s1. The lowest BCUT2D eigenvalue weighted by molar-refractivity contribution is -0.0938. The van der Waals surface area contributed by atoms with Gasteiger partial charge in [0.25, 0.3) is 0 Å². The largest absolute Gasteiger partial charge is 0.394 e. The Labute approximate surface area is 172 Å². The minimum atomic E-state index is -1.00. The predicted octanol–water partition coefficient (Wildman–Crippen LogP) is 4.13. The summed E-state index contributed by atoms with van der Waals surface area (Å²) in [4.78, 5) is 0. The van der Waals surface area contributed by atoms with Gasteiger partial charge in [-0.2, -0.15) is 0 Å². The van der Waals surface area contributed by atoms with Crippen LogP contribution in [0.15, 0.2) is 12.2 Å². The molecule has 1 heterocycles. The maximum Gasteiger partial charge on any atom is 0.114 e. The molecule has 0 saturated carbocycles. The Balaban J connectivity index is 1.86. The summed E-state index contributed by atoms with van der Waals surface area (Å²) < 4.78 is 11.0. The lowest BCUT2D eigenvalue weighted by Gasteiger charge is -2.23. The number of hydrogen-bond donors (Lipinski definition) is 3. The molecule has 0 unspecified atom stereocenters. The topological polar surface area (TPSA) is 79.2 Å². The molecule has 3 N–H and O–H groups in total. The highest BCUT2D eigenvalue weighted by Gasteiger charge is 2.40. The van der Waals surface area contributed by atoms with E-state index in [1.54, 1.807) is 0 Å². The first-order valence-corrected chi connectivity index (χ1v) is 11.6. The average molecular weight is 401 g/mol. The molecule has 1 aliphatic heterocycles. The average Bonchev–Trinajstić information content (AvgIpc) is 3.07. The quantitative estimate of drug-likeness (QED) is 0.238. The zero-order chi connectivity index (χ0) is 20.5. The molecule has 5 heteroatoms. The second-order valence-electron chi connectivity index (χ2n) is 8.03. The molecule has 0 spiro atoms. The lowest BCUT2D eigenvalue weighted by Crippen LogP contribution is -2.42. The van der Waals surface area contributed by atoms with Crippen LogP contribution in [0, 0.1) is 0 Å². The Hall–Kier alpha value is -0.460. The van der Waals surface area contributed by atoms with Crippen molar-refractivity contribution in [3.63, 3.8) is 0 Å². The molecule has 1 rings (SSSR count). The smallest absolute Gasteiger partial charge is 0.114 e. The van der Waals surface area contributed by atoms with Crippen LogP contribution in [0.2, 0.25) is 0 Å². The first-order valence-electron chi connectivity index (χ1n) is 11.6. The van der Waals surface area contributed by atoms with Crippen molar-refractivity contribution >= 4 is 0 Å². The van der Waals surface area contributed by atoms with E-state index >= 15 is 0 Å². The van der Waals surface area contributed by atoms with E-state index in [0.717, 1.165) is 12.8 Å². The summed E-state index contributed by atoms with van der Waals surface area (Å²) in [6.07, 6.45) is 18.1. The van der Waals surface area contributed by atoms with Crippen LogP contribution in [0.5, 0.6) is 0 Å². The van der Waals surface area contributed by atoms with Crippen LogP contribution in [-0.4, -0.2) is 59.6 Å². The monoisotopic (exact) mass is 400 g/mol. The van der Waals surface area contributed by atoms with E-state index < -0.39 is 24.4 Å². The third kappa shape index (κ3) is 11.5. The van der Waals surface area contributed by atoms with Crippen LogP contribution in [0.1, 0.15) is 90.4 Å². The van der Waals surface area contributed by atoms with Crippen molar-refractivity contribution in [2.24, 2.45) is 0 Å². The van der Waals surface area contributed by atoms with Gasteiger partial charge in [-0.25, -0.2) is 0 Å². The van der Waals surface area contributed by atoms with Crippen LogP contribution >= 0.6 is 0 Å². The molecule has 0 aliphatic carbocycles. The molecule has 28 heavy (non-hydrogen) atoms. The van der Waals surface area contributed by atoms with Gasteiger partial charge in [-0.15, -0.1) is 0 Å². The Morgan fingerprint density at radius 2 is 1.50 bits per heavy atom. The summed E-state index contributed by atoms with van der Waals surface area (Å²) in [5.74, 6) is 0. The van der Waals surface area contributed by atoms with Crippen molar-refractivity contribution < 1.29 is 24.8 Å². The van der Waals surface area contributed by atoms with E-state index in [0.29, 0.717) is 6.61 Å². The fourth-order valence-electron chi connectivity index (χ4n) is 3.66. The van der Waals surface area contributed by atoms with E-state index in [9.17, 15) is 10.2 Å². The third-order valence-corrected chi connectivity index (χ3v) is 5.43. The van der Waals surface area contributed by atoms with Crippen molar-refractivity contribution in [2.45, 2.75) is 115 Å². The van der Waals surface area contributed by atoms with Crippen molar-refractivity contribution in [1.29, 1.82) is 0 Å². The molecule has 5 nitrogen and oxygen atoms in total. The Morgan fingerprint density at radius 1 is 0.929 bits per heavy atom. The number of rotatable bonds is 18. The van der Waals surface area contributed by atoms with E-state index in [2.05, 4.69) is 19.1 Å². The molecule has 0 aromatic heterocycles. The van der Waals surface area contributed by atoms with Crippen LogP contribution < -0.4 is 0 Å². The van der Waals surface area contributed by atoms with Gasteiger partial charge in [0.2, 0.25) is 0 Å². The number of aliphatic hydroxyl groups excluding tert-OH is 3. The molecule has 1 aliphatic rings. The van der Waals surface area contributed by atoms with Gasteiger partial charge in [0.1, 0.15) is 24.4 Å². The maximum atomic E-state index is 9.88. The molecule has 4 atom stereocenters. The van der Waals surface area contributed by atoms with Crippen molar-refractivity contribution in [3.8, 4) is 0 Å². The van der Waals surface area contributed by atoms with Crippen LogP contribution in [-0.2, 0) is 9.47 Å². The molecule has 0 aromatic carbocycles. The van der Waals surface area contributed by atoms with Crippen molar-refractivity contribution in [2.75, 3.05) is 19.8 Å². The molecule has 166 valence electrons. The SMILES string of the molecule is CCC/C=C/CCCCCCCCCCCCO[C@H]1[C@@H]([C@@H](O)CO)OC[C@H]1O. The number of allylic oxidation sites excluding steroid dienone is 2. The highest BCUT2D eigenvalue weighted by atomic mass is 16.6. The summed E-state index contributed by atoms with van der Waals surface area (Å²) in [5, 5.41) is 28.6. The van der Waals surface area contributed by atoms with Gasteiger partial charge < -0.3 is 24.8 Å². The number of ether oxygens (including phenoxy) is 2. The van der Waals surface area contributed by atoms with Gasteiger partial charge >= 0.3 is 0 Å². The Bertz CT molecular complexity index is 374. The van der Waals surface area contributed by atoms with Gasteiger partial charge in [0, 0.05) is 6.61 Å². The van der Waals surface area contributed by atoms with E-state index in [1.165, 1.54) is 70.6 Å². The second-order valence-corrected chi connectivity index (χ2v) is 8.03. The summed E-state index contributed by atoms with van der Waals surface area (Å²) in [6, 6.07) is 0. The number of aliphatic hydroxyl groups is 3. The molecule has 0 bridgehead atoms. The molecule has 0 aromatic rings. The zero-order valence-electron chi connectivity index (χ0n) is 17.9. The van der Waals surface area contributed by atoms with Crippen molar-refractivity contribution in [1.82, 2.24) is 0 Å². The number of hydrogen-bond acceptors (Lipinski definition) is 5. The van der Waals surface area contributed by atoms with E-state index in [1.807, 2.05) is 0 Å². The van der Waals surface area contributed by atoms with Gasteiger partial charge in [-0.05, 0) is 25.7 Å². The zero-order valence-corrected chi connectivity index (χ0v) is 17.9. The first kappa shape index (κ1) is 25.6. The van der Waals surface area contributed by atoms with Gasteiger partial charge in [-0.1, -0.05) is 76.9 Å². The minimum absolute atomic E-state index is 0.155. The molecule has 1 fully saturated rings. The van der Waals surface area contributed by atoms with Crippen LogP contribution in [0.25, 0.3) is 0 Å². The molecular weight excluding hydrogens is 356 g/mol. The number of unbranched alkanes of at least 4 members (excludes halogenated alkanes) is 11. The minimum Gasteiger partial charge on any atom is -0.394 e. The Morgan fingerprint density at radius 3 is 2.11 bits per heavy atom. The van der Waals surface area contributed by atoms with E-state index in [4.69, 9.17) is 14.6 Å². The fraction of sp³-hybridized carbons (Fsp3) is 0.913. The summed E-state index contributed by atoms with van der Waals surface area (Å²) in [5.41, 5.74) is 0.